The fraction of sp³-hybridized carbons (Fsp3) is 0.467. The number of nitrogens with zero attached hydrogens (tertiary/aromatic N) is 3. The van der Waals surface area contributed by atoms with Crippen LogP contribution in [-0.4, -0.2) is 54.9 Å². The highest BCUT2D eigenvalue weighted by Gasteiger charge is 2.30. The van der Waals surface area contributed by atoms with E-state index in [1.807, 2.05) is 6.92 Å². The molecule has 0 unspecified atom stereocenters. The number of carbonyl (C=O) groups excluding carboxylic acids is 1. The molecule has 9 heteroatoms. The maximum absolute atomic E-state index is 12.7. The third kappa shape index (κ3) is 3.38. The summed E-state index contributed by atoms with van der Waals surface area (Å²) in [7, 11) is -3.49. The van der Waals surface area contributed by atoms with Gasteiger partial charge in [0.1, 0.15) is 9.97 Å². The third-order valence-corrected chi connectivity index (χ3v) is 7.27. The van der Waals surface area contributed by atoms with Crippen LogP contribution in [0, 0.1) is 13.8 Å². The topological polar surface area (TPSA) is 83.7 Å². The number of aryl methyl sites for hydroxylation is 2. The monoisotopic (exact) mass is 369 g/mol. The normalized spacial score (nSPS) is 17.0. The van der Waals surface area contributed by atoms with Gasteiger partial charge >= 0.3 is 0 Å². The maximum atomic E-state index is 12.7. The summed E-state index contributed by atoms with van der Waals surface area (Å²) in [6.07, 6.45) is 0.589. The van der Waals surface area contributed by atoms with Crippen molar-refractivity contribution in [2.45, 2.75) is 24.5 Å². The van der Waals surface area contributed by atoms with Gasteiger partial charge in [-0.2, -0.15) is 4.31 Å². The Morgan fingerprint density at radius 2 is 2.00 bits per heavy atom. The lowest BCUT2D eigenvalue weighted by Crippen LogP contribution is -2.37. The van der Waals surface area contributed by atoms with E-state index >= 15 is 0 Å². The number of aromatic nitrogens is 1. The summed E-state index contributed by atoms with van der Waals surface area (Å²) in [6.45, 7) is 5.13. The van der Waals surface area contributed by atoms with Crippen molar-refractivity contribution in [3.63, 3.8) is 0 Å². The van der Waals surface area contributed by atoms with Gasteiger partial charge in [0.15, 0.2) is 5.69 Å². The highest BCUT2D eigenvalue weighted by molar-refractivity contribution is 7.91. The summed E-state index contributed by atoms with van der Waals surface area (Å²) in [5, 5.41) is 3.74. The number of thiophene rings is 1. The second kappa shape index (κ2) is 6.66. The Hall–Kier alpha value is -1.71. The van der Waals surface area contributed by atoms with Crippen LogP contribution in [0.1, 0.15) is 27.5 Å². The standard InChI is InChI=1S/C15H19N3O4S2/c1-11-10-13(16-22-11)15(19)17-6-3-7-18(9-8-17)24(20,21)14-5-4-12(2)23-14/h4-5,10H,3,6-9H2,1-2H3. The summed E-state index contributed by atoms with van der Waals surface area (Å²) >= 11 is 1.27. The lowest BCUT2D eigenvalue weighted by atomic mass is 10.3. The van der Waals surface area contributed by atoms with E-state index in [9.17, 15) is 13.2 Å². The van der Waals surface area contributed by atoms with Crippen molar-refractivity contribution in [2.24, 2.45) is 0 Å². The van der Waals surface area contributed by atoms with E-state index in [0.29, 0.717) is 36.0 Å². The molecule has 0 aliphatic carbocycles. The Bertz CT molecular complexity index is 841. The molecular weight excluding hydrogens is 350 g/mol. The number of hydrogen-bond donors (Lipinski definition) is 0. The molecule has 130 valence electrons. The molecule has 2 aromatic heterocycles. The molecule has 0 N–H and O–H groups in total. The van der Waals surface area contributed by atoms with Crippen LogP contribution < -0.4 is 0 Å². The molecule has 1 aliphatic rings. The molecule has 1 fully saturated rings. The average molecular weight is 369 g/mol. The SMILES string of the molecule is Cc1cc(C(=O)N2CCCN(S(=O)(=O)c3ccc(C)s3)CC2)no1. The Balaban J connectivity index is 1.72. The molecule has 7 nitrogen and oxygen atoms in total. The molecule has 0 radical (unpaired) electrons. The Kier molecular flexibility index (Phi) is 4.75. The molecule has 2 aromatic rings. The summed E-state index contributed by atoms with van der Waals surface area (Å²) in [5.41, 5.74) is 0.262. The first-order valence-corrected chi connectivity index (χ1v) is 9.93. The fourth-order valence-electron chi connectivity index (χ4n) is 2.64. The first-order chi connectivity index (χ1) is 11.4. The molecule has 1 aliphatic heterocycles. The smallest absolute Gasteiger partial charge is 0.276 e. The van der Waals surface area contributed by atoms with Crippen molar-refractivity contribution in [1.29, 1.82) is 0 Å². The van der Waals surface area contributed by atoms with Gasteiger partial charge in [-0.1, -0.05) is 5.16 Å². The predicted octanol–water partition coefficient (Wildman–Crippen LogP) is 1.89. The van der Waals surface area contributed by atoms with E-state index in [0.717, 1.165) is 4.88 Å². The van der Waals surface area contributed by atoms with Gasteiger partial charge < -0.3 is 9.42 Å². The van der Waals surface area contributed by atoms with Crippen molar-refractivity contribution >= 4 is 27.3 Å². The Morgan fingerprint density at radius 3 is 2.62 bits per heavy atom. The largest absolute Gasteiger partial charge is 0.361 e. The van der Waals surface area contributed by atoms with Crippen LogP contribution in [0.25, 0.3) is 0 Å². The number of rotatable bonds is 3. The highest BCUT2D eigenvalue weighted by atomic mass is 32.2. The second-order valence-corrected chi connectivity index (χ2v) is 9.19. The van der Waals surface area contributed by atoms with Gasteiger partial charge in [-0.3, -0.25) is 4.79 Å². The molecule has 3 rings (SSSR count). The van der Waals surface area contributed by atoms with E-state index in [2.05, 4.69) is 5.16 Å². The molecule has 0 saturated carbocycles. The first kappa shape index (κ1) is 17.1. The zero-order valence-corrected chi connectivity index (χ0v) is 15.2. The lowest BCUT2D eigenvalue weighted by Gasteiger charge is -2.20. The van der Waals surface area contributed by atoms with Gasteiger partial charge in [0, 0.05) is 37.1 Å². The molecule has 0 aromatic carbocycles. The fourth-order valence-corrected chi connectivity index (χ4v) is 5.55. The van der Waals surface area contributed by atoms with Gasteiger partial charge in [0.25, 0.3) is 15.9 Å². The summed E-state index contributed by atoms with van der Waals surface area (Å²) in [6, 6.07) is 5.04. The van der Waals surface area contributed by atoms with Crippen LogP contribution in [-0.2, 0) is 10.0 Å². The van der Waals surface area contributed by atoms with Gasteiger partial charge in [-0.15, -0.1) is 11.3 Å². The Morgan fingerprint density at radius 1 is 1.21 bits per heavy atom. The van der Waals surface area contributed by atoms with E-state index in [1.54, 1.807) is 30.0 Å². The Labute approximate surface area is 144 Å². The lowest BCUT2D eigenvalue weighted by molar-refractivity contribution is 0.0754. The molecule has 0 bridgehead atoms. The molecule has 24 heavy (non-hydrogen) atoms. The van der Waals surface area contributed by atoms with E-state index in [-0.39, 0.29) is 18.1 Å². The first-order valence-electron chi connectivity index (χ1n) is 7.67. The van der Waals surface area contributed by atoms with Crippen LogP contribution >= 0.6 is 11.3 Å². The highest BCUT2D eigenvalue weighted by Crippen LogP contribution is 2.25. The minimum Gasteiger partial charge on any atom is -0.361 e. The van der Waals surface area contributed by atoms with E-state index in [1.165, 1.54) is 15.6 Å². The van der Waals surface area contributed by atoms with E-state index < -0.39 is 10.0 Å². The zero-order chi connectivity index (χ0) is 17.3. The van der Waals surface area contributed by atoms with Crippen LogP contribution in [0.3, 0.4) is 0 Å². The summed E-state index contributed by atoms with van der Waals surface area (Å²) in [5.74, 6) is 0.350. The number of carbonyl (C=O) groups is 1. The predicted molar refractivity (Wildman–Crippen MR) is 89.6 cm³/mol. The maximum Gasteiger partial charge on any atom is 0.276 e. The van der Waals surface area contributed by atoms with Gasteiger partial charge in [0.2, 0.25) is 0 Å². The van der Waals surface area contributed by atoms with Crippen LogP contribution in [0.5, 0.6) is 0 Å². The number of amides is 1. The van der Waals surface area contributed by atoms with Crippen molar-refractivity contribution in [3.05, 3.63) is 34.5 Å². The van der Waals surface area contributed by atoms with Crippen molar-refractivity contribution in [3.8, 4) is 0 Å². The van der Waals surface area contributed by atoms with Gasteiger partial charge in [0.05, 0.1) is 0 Å². The van der Waals surface area contributed by atoms with Crippen LogP contribution in [0.15, 0.2) is 26.9 Å². The van der Waals surface area contributed by atoms with Crippen molar-refractivity contribution in [2.75, 3.05) is 26.2 Å². The molecule has 3 heterocycles. The van der Waals surface area contributed by atoms with E-state index in [4.69, 9.17) is 4.52 Å². The van der Waals surface area contributed by atoms with Crippen LogP contribution in [0.2, 0.25) is 0 Å². The van der Waals surface area contributed by atoms with Gasteiger partial charge in [-0.25, -0.2) is 8.42 Å². The third-order valence-electron chi connectivity index (χ3n) is 3.90. The minimum atomic E-state index is -3.49. The summed E-state index contributed by atoms with van der Waals surface area (Å²) in [4.78, 5) is 15.0. The number of sulfonamides is 1. The zero-order valence-electron chi connectivity index (χ0n) is 13.6. The number of hydrogen-bond acceptors (Lipinski definition) is 6. The molecule has 1 amide bonds. The average Bonchev–Trinajstić information content (AvgIpc) is 3.08. The molecule has 0 spiro atoms. The van der Waals surface area contributed by atoms with Crippen LogP contribution in [0.4, 0.5) is 0 Å². The van der Waals surface area contributed by atoms with Crippen molar-refractivity contribution in [1.82, 2.24) is 14.4 Å². The minimum absolute atomic E-state index is 0.224. The molecule has 0 atom stereocenters. The second-order valence-electron chi connectivity index (χ2n) is 5.74. The summed E-state index contributed by atoms with van der Waals surface area (Å²) < 4.78 is 32.2. The van der Waals surface area contributed by atoms with Gasteiger partial charge in [-0.05, 0) is 32.4 Å². The molecule has 1 saturated heterocycles. The van der Waals surface area contributed by atoms with Crippen molar-refractivity contribution < 1.29 is 17.7 Å². The quantitative estimate of drug-likeness (QED) is 0.825. The molecular formula is C15H19N3O4S2.